The summed E-state index contributed by atoms with van der Waals surface area (Å²) in [6, 6.07) is 0.344. The fourth-order valence-corrected chi connectivity index (χ4v) is 3.26. The van der Waals surface area contributed by atoms with Crippen molar-refractivity contribution in [1.82, 2.24) is 19.8 Å². The molecule has 3 rings (SSSR count). The summed E-state index contributed by atoms with van der Waals surface area (Å²) in [4.78, 5) is 18.9. The molecule has 2 fully saturated rings. The minimum absolute atomic E-state index is 0.130. The molecule has 2 atom stereocenters. The number of morpholine rings is 1. The van der Waals surface area contributed by atoms with Crippen LogP contribution in [0.15, 0.2) is 12.4 Å². The number of hydrogen-bond donors (Lipinski definition) is 1. The van der Waals surface area contributed by atoms with Gasteiger partial charge in [-0.3, -0.25) is 4.79 Å². The molecule has 3 heterocycles. The van der Waals surface area contributed by atoms with Crippen LogP contribution in [0.1, 0.15) is 31.6 Å². The van der Waals surface area contributed by atoms with Crippen LogP contribution in [-0.2, 0) is 16.0 Å². The Labute approximate surface area is 125 Å². The topological polar surface area (TPSA) is 59.4 Å². The third kappa shape index (κ3) is 3.11. The lowest BCUT2D eigenvalue weighted by atomic mass is 10.0. The molecular formula is C15H24N4O2. The fraction of sp³-hybridized carbons (Fsp3) is 0.733. The Morgan fingerprint density at radius 3 is 3.24 bits per heavy atom. The van der Waals surface area contributed by atoms with E-state index in [9.17, 15) is 4.79 Å². The monoisotopic (exact) mass is 292 g/mol. The zero-order valence-corrected chi connectivity index (χ0v) is 12.6. The average Bonchev–Trinajstić information content (AvgIpc) is 3.04. The van der Waals surface area contributed by atoms with Gasteiger partial charge in [0.2, 0.25) is 0 Å². The normalized spacial score (nSPS) is 26.8. The van der Waals surface area contributed by atoms with Gasteiger partial charge in [0, 0.05) is 45.0 Å². The first-order valence-corrected chi connectivity index (χ1v) is 7.92. The number of ether oxygens (including phenoxy) is 1. The fourth-order valence-electron chi connectivity index (χ4n) is 3.26. The first-order valence-electron chi connectivity index (χ1n) is 7.92. The second-order valence-corrected chi connectivity index (χ2v) is 5.75. The van der Waals surface area contributed by atoms with E-state index in [4.69, 9.17) is 4.74 Å². The van der Waals surface area contributed by atoms with E-state index in [0.717, 1.165) is 44.7 Å². The van der Waals surface area contributed by atoms with Crippen molar-refractivity contribution in [3.63, 3.8) is 0 Å². The van der Waals surface area contributed by atoms with Crippen LogP contribution in [0.3, 0.4) is 0 Å². The van der Waals surface area contributed by atoms with Crippen molar-refractivity contribution in [2.24, 2.45) is 0 Å². The molecule has 0 saturated carbocycles. The maximum Gasteiger partial charge on any atom is 0.253 e. The second kappa shape index (κ2) is 6.58. The van der Waals surface area contributed by atoms with Gasteiger partial charge in [-0.05, 0) is 12.8 Å². The number of aromatic nitrogens is 2. The lowest BCUT2D eigenvalue weighted by Crippen LogP contribution is -2.52. The van der Waals surface area contributed by atoms with Crippen LogP contribution in [0.25, 0.3) is 0 Å². The van der Waals surface area contributed by atoms with Crippen molar-refractivity contribution >= 4 is 5.91 Å². The lowest BCUT2D eigenvalue weighted by molar-refractivity contribution is -0.146. The summed E-state index contributed by atoms with van der Waals surface area (Å²) in [6.07, 6.45) is 6.65. The summed E-state index contributed by atoms with van der Waals surface area (Å²) >= 11 is 0. The van der Waals surface area contributed by atoms with Crippen LogP contribution < -0.4 is 5.32 Å². The van der Waals surface area contributed by atoms with Crippen molar-refractivity contribution in [3.8, 4) is 0 Å². The Hall–Kier alpha value is -1.40. The van der Waals surface area contributed by atoms with Gasteiger partial charge in [0.15, 0.2) is 0 Å². The Morgan fingerprint density at radius 1 is 1.57 bits per heavy atom. The van der Waals surface area contributed by atoms with Gasteiger partial charge in [-0.1, -0.05) is 6.92 Å². The SMILES string of the molecule is CCc1nccn1C1CCCN(C(=O)C2CNCCO2)C1. The zero-order valence-electron chi connectivity index (χ0n) is 12.6. The smallest absolute Gasteiger partial charge is 0.253 e. The van der Waals surface area contributed by atoms with E-state index < -0.39 is 0 Å². The maximum absolute atomic E-state index is 12.6. The minimum Gasteiger partial charge on any atom is -0.366 e. The summed E-state index contributed by atoms with van der Waals surface area (Å²) < 4.78 is 7.83. The molecule has 21 heavy (non-hydrogen) atoms. The molecule has 1 aromatic heterocycles. The molecule has 1 N–H and O–H groups in total. The Bertz CT molecular complexity index is 482. The van der Waals surface area contributed by atoms with Gasteiger partial charge in [0.1, 0.15) is 11.9 Å². The third-order valence-electron chi connectivity index (χ3n) is 4.37. The maximum atomic E-state index is 12.6. The second-order valence-electron chi connectivity index (χ2n) is 5.75. The molecule has 116 valence electrons. The van der Waals surface area contributed by atoms with Crippen molar-refractivity contribution in [2.75, 3.05) is 32.8 Å². The number of aryl methyl sites for hydroxylation is 1. The van der Waals surface area contributed by atoms with Crippen molar-refractivity contribution in [1.29, 1.82) is 0 Å². The third-order valence-corrected chi connectivity index (χ3v) is 4.37. The number of nitrogens with one attached hydrogen (secondary N) is 1. The number of hydrogen-bond acceptors (Lipinski definition) is 4. The Morgan fingerprint density at radius 2 is 2.48 bits per heavy atom. The predicted octanol–water partition coefficient (Wildman–Crippen LogP) is 0.597. The van der Waals surface area contributed by atoms with Gasteiger partial charge < -0.3 is 19.5 Å². The van der Waals surface area contributed by atoms with Gasteiger partial charge in [-0.2, -0.15) is 0 Å². The Kier molecular flexibility index (Phi) is 4.55. The van der Waals surface area contributed by atoms with Crippen LogP contribution in [-0.4, -0.2) is 59.2 Å². The molecule has 2 saturated heterocycles. The van der Waals surface area contributed by atoms with Crippen molar-refractivity contribution < 1.29 is 9.53 Å². The molecule has 1 aromatic rings. The van der Waals surface area contributed by atoms with E-state index in [-0.39, 0.29) is 12.0 Å². The van der Waals surface area contributed by atoms with E-state index in [2.05, 4.69) is 21.8 Å². The highest BCUT2D eigenvalue weighted by Crippen LogP contribution is 2.23. The molecule has 2 aliphatic rings. The predicted molar refractivity (Wildman–Crippen MR) is 79.1 cm³/mol. The van der Waals surface area contributed by atoms with Gasteiger partial charge in [-0.25, -0.2) is 4.98 Å². The molecule has 6 nitrogen and oxygen atoms in total. The largest absolute Gasteiger partial charge is 0.366 e. The number of nitrogens with zero attached hydrogens (tertiary/aromatic N) is 3. The molecule has 0 aromatic carbocycles. The molecule has 0 spiro atoms. The van der Waals surface area contributed by atoms with Gasteiger partial charge >= 0.3 is 0 Å². The lowest BCUT2D eigenvalue weighted by Gasteiger charge is -2.36. The number of amides is 1. The van der Waals surface area contributed by atoms with E-state index in [1.807, 2.05) is 17.3 Å². The van der Waals surface area contributed by atoms with E-state index in [1.54, 1.807) is 0 Å². The number of likely N-dealkylation sites (tertiary alicyclic amines) is 1. The van der Waals surface area contributed by atoms with Crippen LogP contribution in [0, 0.1) is 0 Å². The summed E-state index contributed by atoms with van der Waals surface area (Å²) in [7, 11) is 0. The quantitative estimate of drug-likeness (QED) is 0.886. The van der Waals surface area contributed by atoms with E-state index >= 15 is 0 Å². The molecule has 6 heteroatoms. The average molecular weight is 292 g/mol. The molecule has 2 aliphatic heterocycles. The summed E-state index contributed by atoms with van der Waals surface area (Å²) in [5, 5.41) is 3.22. The molecule has 1 amide bonds. The van der Waals surface area contributed by atoms with Gasteiger partial charge in [-0.15, -0.1) is 0 Å². The number of piperidine rings is 1. The number of imidazole rings is 1. The number of rotatable bonds is 3. The van der Waals surface area contributed by atoms with Crippen LogP contribution >= 0.6 is 0 Å². The Balaban J connectivity index is 1.66. The summed E-state index contributed by atoms with van der Waals surface area (Å²) in [5.74, 6) is 1.23. The first kappa shape index (κ1) is 14.5. The van der Waals surface area contributed by atoms with Crippen LogP contribution in [0.2, 0.25) is 0 Å². The van der Waals surface area contributed by atoms with Gasteiger partial charge in [0.05, 0.1) is 12.6 Å². The van der Waals surface area contributed by atoms with E-state index in [0.29, 0.717) is 19.2 Å². The summed E-state index contributed by atoms with van der Waals surface area (Å²) in [5.41, 5.74) is 0. The highest BCUT2D eigenvalue weighted by atomic mass is 16.5. The first-order chi connectivity index (χ1) is 10.3. The van der Waals surface area contributed by atoms with Gasteiger partial charge in [0.25, 0.3) is 5.91 Å². The number of carbonyl (C=O) groups excluding carboxylic acids is 1. The highest BCUT2D eigenvalue weighted by Gasteiger charge is 2.31. The molecule has 2 unspecified atom stereocenters. The van der Waals surface area contributed by atoms with Crippen molar-refractivity contribution in [2.45, 2.75) is 38.3 Å². The standard InChI is InChI=1S/C15H24N4O2/c1-2-14-17-5-8-19(14)12-4-3-7-18(11-12)15(20)13-10-16-6-9-21-13/h5,8,12-13,16H,2-4,6-7,9-11H2,1H3. The minimum atomic E-state index is -0.314. The summed E-state index contributed by atoms with van der Waals surface area (Å²) in [6.45, 7) is 5.81. The van der Waals surface area contributed by atoms with Crippen LogP contribution in [0.4, 0.5) is 0 Å². The van der Waals surface area contributed by atoms with E-state index in [1.165, 1.54) is 0 Å². The molecular weight excluding hydrogens is 268 g/mol. The van der Waals surface area contributed by atoms with Crippen molar-refractivity contribution in [3.05, 3.63) is 18.2 Å². The molecule has 0 aliphatic carbocycles. The highest BCUT2D eigenvalue weighted by molar-refractivity contribution is 5.81. The molecule has 0 bridgehead atoms. The zero-order chi connectivity index (χ0) is 14.7. The molecule has 0 radical (unpaired) electrons. The van der Waals surface area contributed by atoms with Crippen LogP contribution in [0.5, 0.6) is 0 Å². The number of carbonyl (C=O) groups is 1.